The van der Waals surface area contributed by atoms with Gasteiger partial charge in [0.15, 0.2) is 0 Å². The first-order valence-electron chi connectivity index (χ1n) is 2.60. The smallest absolute Gasteiger partial charge is 0.303 e. The second-order valence-electron chi connectivity index (χ2n) is 1.57. The highest BCUT2D eigenvalue weighted by Crippen LogP contribution is 1.93. The van der Waals surface area contributed by atoms with Crippen molar-refractivity contribution in [1.82, 2.24) is 0 Å². The minimum absolute atomic E-state index is 0. The lowest BCUT2D eigenvalue weighted by Crippen LogP contribution is -1.92. The lowest BCUT2D eigenvalue weighted by atomic mass is 10.2. The topological polar surface area (TPSA) is 68.8 Å². The molecule has 3 nitrogen and oxygen atoms in total. The summed E-state index contributed by atoms with van der Waals surface area (Å²) in [5.74, 6) is -0.730. The van der Waals surface area contributed by atoms with Crippen LogP contribution in [0.15, 0.2) is 12.7 Å². The standard InChI is InChI=1S/C6H10O2.H2O/c1-2-3-4-5-6(7)8;/h2H,1,3-5H2,(H,7,8);1H2. The third-order valence-corrected chi connectivity index (χ3v) is 0.799. The molecule has 3 heteroatoms. The number of allylic oxidation sites excluding steroid dienone is 1. The van der Waals surface area contributed by atoms with Crippen LogP contribution in [0.2, 0.25) is 0 Å². The number of carbonyl (C=O) groups is 1. The second-order valence-corrected chi connectivity index (χ2v) is 1.57. The van der Waals surface area contributed by atoms with E-state index in [0.29, 0.717) is 6.42 Å². The molecule has 0 saturated carbocycles. The Morgan fingerprint density at radius 2 is 2.22 bits per heavy atom. The quantitative estimate of drug-likeness (QED) is 0.449. The van der Waals surface area contributed by atoms with Gasteiger partial charge in [-0.1, -0.05) is 6.08 Å². The molecule has 0 fully saturated rings. The maximum Gasteiger partial charge on any atom is 0.303 e. The van der Waals surface area contributed by atoms with E-state index in [1.54, 1.807) is 6.08 Å². The monoisotopic (exact) mass is 132 g/mol. The maximum atomic E-state index is 9.84. The molecular formula is C6H12O3. The summed E-state index contributed by atoms with van der Waals surface area (Å²) < 4.78 is 0. The largest absolute Gasteiger partial charge is 0.481 e. The van der Waals surface area contributed by atoms with Gasteiger partial charge >= 0.3 is 5.97 Å². The fraction of sp³-hybridized carbons (Fsp3) is 0.500. The van der Waals surface area contributed by atoms with Gasteiger partial charge in [-0.05, 0) is 12.8 Å². The van der Waals surface area contributed by atoms with Gasteiger partial charge in [0, 0.05) is 6.42 Å². The van der Waals surface area contributed by atoms with Crippen molar-refractivity contribution in [3.05, 3.63) is 12.7 Å². The Balaban J connectivity index is 0. The van der Waals surface area contributed by atoms with Crippen LogP contribution in [0, 0.1) is 0 Å². The molecule has 0 rings (SSSR count). The first-order chi connectivity index (χ1) is 3.77. The minimum atomic E-state index is -0.730. The summed E-state index contributed by atoms with van der Waals surface area (Å²) in [4.78, 5) is 9.84. The van der Waals surface area contributed by atoms with Crippen LogP contribution < -0.4 is 0 Å². The van der Waals surface area contributed by atoms with E-state index >= 15 is 0 Å². The molecule has 0 unspecified atom stereocenters. The van der Waals surface area contributed by atoms with Crippen molar-refractivity contribution in [2.24, 2.45) is 0 Å². The van der Waals surface area contributed by atoms with E-state index in [0.717, 1.165) is 6.42 Å². The highest BCUT2D eigenvalue weighted by molar-refractivity contribution is 5.66. The van der Waals surface area contributed by atoms with Crippen molar-refractivity contribution in [2.75, 3.05) is 0 Å². The zero-order chi connectivity index (χ0) is 6.41. The lowest BCUT2D eigenvalue weighted by Gasteiger charge is -1.87. The molecule has 0 radical (unpaired) electrons. The summed E-state index contributed by atoms with van der Waals surface area (Å²) in [6.45, 7) is 3.46. The second kappa shape index (κ2) is 7.17. The van der Waals surface area contributed by atoms with E-state index in [4.69, 9.17) is 5.11 Å². The summed E-state index contributed by atoms with van der Waals surface area (Å²) >= 11 is 0. The van der Waals surface area contributed by atoms with Crippen LogP contribution in [0.1, 0.15) is 19.3 Å². The normalized spacial score (nSPS) is 7.56. The lowest BCUT2D eigenvalue weighted by molar-refractivity contribution is -0.137. The van der Waals surface area contributed by atoms with Crippen LogP contribution in [-0.4, -0.2) is 16.6 Å². The number of hydrogen-bond acceptors (Lipinski definition) is 1. The Bertz CT molecular complexity index is 88.3. The molecule has 0 bridgehead atoms. The van der Waals surface area contributed by atoms with Crippen LogP contribution in [-0.2, 0) is 4.79 Å². The summed E-state index contributed by atoms with van der Waals surface area (Å²) in [6.07, 6.45) is 3.49. The van der Waals surface area contributed by atoms with Gasteiger partial charge in [0.1, 0.15) is 0 Å². The highest BCUT2D eigenvalue weighted by Gasteiger charge is 1.91. The molecule has 0 aromatic rings. The Kier molecular flexibility index (Phi) is 8.79. The Hall–Kier alpha value is -0.830. The molecule has 3 N–H and O–H groups in total. The molecule has 0 atom stereocenters. The number of carboxylic acid groups (broad SMARTS) is 1. The summed E-state index contributed by atoms with van der Waals surface area (Å²) in [5, 5.41) is 8.11. The van der Waals surface area contributed by atoms with Crippen LogP contribution in [0.25, 0.3) is 0 Å². The SMILES string of the molecule is C=CCCCC(=O)O.O. The maximum absolute atomic E-state index is 9.84. The van der Waals surface area contributed by atoms with Crippen molar-refractivity contribution in [2.45, 2.75) is 19.3 Å². The minimum Gasteiger partial charge on any atom is -0.481 e. The van der Waals surface area contributed by atoms with Gasteiger partial charge in [-0.25, -0.2) is 0 Å². The molecule has 0 saturated heterocycles. The molecule has 0 aliphatic carbocycles. The van der Waals surface area contributed by atoms with Crippen LogP contribution in [0.3, 0.4) is 0 Å². The fourth-order valence-corrected chi connectivity index (χ4v) is 0.398. The van der Waals surface area contributed by atoms with Crippen LogP contribution in [0.4, 0.5) is 0 Å². The van der Waals surface area contributed by atoms with E-state index in [-0.39, 0.29) is 11.9 Å². The molecule has 0 spiro atoms. The molecule has 0 aromatic heterocycles. The van der Waals surface area contributed by atoms with E-state index in [1.807, 2.05) is 0 Å². The van der Waals surface area contributed by atoms with E-state index in [1.165, 1.54) is 0 Å². The summed E-state index contributed by atoms with van der Waals surface area (Å²) in [7, 11) is 0. The van der Waals surface area contributed by atoms with Gasteiger partial charge < -0.3 is 10.6 Å². The van der Waals surface area contributed by atoms with E-state index in [2.05, 4.69) is 6.58 Å². The molecule has 9 heavy (non-hydrogen) atoms. The first kappa shape index (κ1) is 11.0. The third-order valence-electron chi connectivity index (χ3n) is 0.799. The molecule has 0 aliphatic rings. The highest BCUT2D eigenvalue weighted by atomic mass is 16.4. The van der Waals surface area contributed by atoms with Crippen molar-refractivity contribution in [1.29, 1.82) is 0 Å². The summed E-state index contributed by atoms with van der Waals surface area (Å²) in [5.41, 5.74) is 0. The third kappa shape index (κ3) is 11.0. The average molecular weight is 132 g/mol. The fourth-order valence-electron chi connectivity index (χ4n) is 0.398. The predicted molar refractivity (Wildman–Crippen MR) is 35.3 cm³/mol. The first-order valence-corrected chi connectivity index (χ1v) is 2.60. The van der Waals surface area contributed by atoms with Crippen molar-refractivity contribution < 1.29 is 15.4 Å². The van der Waals surface area contributed by atoms with Gasteiger partial charge in [0.2, 0.25) is 0 Å². The van der Waals surface area contributed by atoms with Crippen molar-refractivity contribution >= 4 is 5.97 Å². The number of hydrogen-bond donors (Lipinski definition) is 1. The Labute approximate surface area is 54.3 Å². The van der Waals surface area contributed by atoms with Crippen molar-refractivity contribution in [3.63, 3.8) is 0 Å². The molecule has 0 heterocycles. The Morgan fingerprint density at radius 1 is 1.67 bits per heavy atom. The number of aliphatic carboxylic acids is 1. The molecule has 0 amide bonds. The molecular weight excluding hydrogens is 120 g/mol. The predicted octanol–water partition coefficient (Wildman–Crippen LogP) is 0.603. The van der Waals surface area contributed by atoms with Gasteiger partial charge in [0.05, 0.1) is 0 Å². The number of unbranched alkanes of at least 4 members (excludes halogenated alkanes) is 1. The zero-order valence-electron chi connectivity index (χ0n) is 5.26. The average Bonchev–Trinajstić information content (AvgIpc) is 1.66. The Morgan fingerprint density at radius 3 is 2.56 bits per heavy atom. The van der Waals surface area contributed by atoms with Crippen molar-refractivity contribution in [3.8, 4) is 0 Å². The number of carboxylic acids is 1. The van der Waals surface area contributed by atoms with Crippen LogP contribution in [0.5, 0.6) is 0 Å². The molecule has 0 aromatic carbocycles. The van der Waals surface area contributed by atoms with E-state index in [9.17, 15) is 4.79 Å². The molecule has 54 valence electrons. The van der Waals surface area contributed by atoms with Gasteiger partial charge in [-0.15, -0.1) is 6.58 Å². The van der Waals surface area contributed by atoms with Gasteiger partial charge in [0.25, 0.3) is 0 Å². The van der Waals surface area contributed by atoms with E-state index < -0.39 is 5.97 Å². The van der Waals surface area contributed by atoms with Crippen LogP contribution >= 0.6 is 0 Å². The zero-order valence-corrected chi connectivity index (χ0v) is 5.26. The van der Waals surface area contributed by atoms with Gasteiger partial charge in [-0.2, -0.15) is 0 Å². The van der Waals surface area contributed by atoms with Gasteiger partial charge in [-0.3, -0.25) is 4.79 Å². The molecule has 0 aliphatic heterocycles. The summed E-state index contributed by atoms with van der Waals surface area (Å²) in [6, 6.07) is 0. The number of rotatable bonds is 4.